The highest BCUT2D eigenvalue weighted by Crippen LogP contribution is 2.41. The number of rotatable bonds is 8. The Bertz CT molecular complexity index is 2460. The molecule has 0 saturated carbocycles. The number of fused-ring (bicyclic) bond motifs is 4. The van der Waals surface area contributed by atoms with Crippen LogP contribution in [0.2, 0.25) is 0 Å². The molecule has 48 heavy (non-hydrogen) atoms. The number of hydrogen-bond donors (Lipinski definition) is 0. The molecule has 2 aromatic heterocycles. The second kappa shape index (κ2) is 13.2. The largest absolute Gasteiger partial charge is 0.213 e. The molecule has 0 aliphatic carbocycles. The quantitative estimate of drug-likeness (QED) is 0.156. The van der Waals surface area contributed by atoms with Crippen molar-refractivity contribution >= 4 is 47.9 Å². The maximum Gasteiger partial charge on any atom is 0.164 e. The van der Waals surface area contributed by atoms with Crippen molar-refractivity contribution in [2.75, 3.05) is 0 Å². The minimum absolute atomic E-state index is 0.586. The summed E-state index contributed by atoms with van der Waals surface area (Å²) in [5.41, 5.74) is 6.63. The lowest BCUT2D eigenvalue weighted by atomic mass is 9.93. The van der Waals surface area contributed by atoms with Crippen LogP contribution in [0.25, 0.3) is 70.4 Å². The van der Waals surface area contributed by atoms with Gasteiger partial charge in [-0.3, -0.25) is 0 Å². The smallest absolute Gasteiger partial charge is 0.164 e. The Balaban J connectivity index is 1.25. The molecule has 8 rings (SSSR count). The van der Waals surface area contributed by atoms with Gasteiger partial charge in [0, 0.05) is 37.7 Å². The van der Waals surface area contributed by atoms with Gasteiger partial charge in [-0.05, 0) is 57.7 Å². The van der Waals surface area contributed by atoms with Crippen molar-refractivity contribution in [1.29, 1.82) is 0 Å². The van der Waals surface area contributed by atoms with Gasteiger partial charge in [-0.1, -0.05) is 146 Å². The minimum Gasteiger partial charge on any atom is -0.213 e. The van der Waals surface area contributed by atoms with E-state index in [0.29, 0.717) is 18.1 Å². The molecule has 3 nitrogen and oxygen atoms in total. The SMILES string of the molecule is CC/C=C(\C=C/Cc1nc(-c2ccccc2)nc(-c2ccccc2-c2cccc3cc4sc5ccccc5c4cc23)n1)c1ccccc1. The fourth-order valence-corrected chi connectivity index (χ4v) is 7.55. The lowest BCUT2D eigenvalue weighted by molar-refractivity contribution is 0.948. The number of benzene rings is 6. The highest BCUT2D eigenvalue weighted by Gasteiger charge is 2.16. The van der Waals surface area contributed by atoms with Crippen LogP contribution in [-0.4, -0.2) is 15.0 Å². The van der Waals surface area contributed by atoms with Crippen LogP contribution < -0.4 is 0 Å². The molecule has 0 saturated heterocycles. The summed E-state index contributed by atoms with van der Waals surface area (Å²) in [6.07, 6.45) is 8.15. The van der Waals surface area contributed by atoms with Crippen LogP contribution in [0.1, 0.15) is 24.7 Å². The van der Waals surface area contributed by atoms with E-state index in [9.17, 15) is 0 Å². The second-order valence-corrected chi connectivity index (χ2v) is 12.9. The van der Waals surface area contributed by atoms with Gasteiger partial charge in [0.15, 0.2) is 11.6 Å². The summed E-state index contributed by atoms with van der Waals surface area (Å²) in [7, 11) is 0. The topological polar surface area (TPSA) is 38.7 Å². The molecule has 0 fully saturated rings. The lowest BCUT2D eigenvalue weighted by Crippen LogP contribution is -2.03. The number of aromatic nitrogens is 3. The summed E-state index contributed by atoms with van der Waals surface area (Å²) in [5, 5.41) is 5.04. The summed E-state index contributed by atoms with van der Waals surface area (Å²) < 4.78 is 2.62. The van der Waals surface area contributed by atoms with Gasteiger partial charge in [-0.2, -0.15) is 0 Å². The highest BCUT2D eigenvalue weighted by molar-refractivity contribution is 7.25. The zero-order chi connectivity index (χ0) is 32.3. The standard InChI is InChI=1S/C44H33N3S/c1-2-15-30(31-16-5-3-6-17-31)20-14-27-42-45-43(32-18-7-4-8-19-32)47-44(46-42)37-24-10-9-22-34(37)35-25-13-21-33-28-41-39(29-38(33)35)36-23-11-12-26-40(36)48-41/h3-26,28-29H,2,27H2,1H3/b20-14-,30-15+. The number of thiophene rings is 1. The van der Waals surface area contributed by atoms with E-state index in [4.69, 9.17) is 15.0 Å². The van der Waals surface area contributed by atoms with E-state index in [1.807, 2.05) is 29.5 Å². The molecule has 0 N–H and O–H groups in total. The first-order chi connectivity index (χ1) is 23.7. The van der Waals surface area contributed by atoms with Gasteiger partial charge in [0.05, 0.1) is 0 Å². The summed E-state index contributed by atoms with van der Waals surface area (Å²) in [5.74, 6) is 2.09. The normalized spacial score (nSPS) is 12.1. The molecule has 0 spiro atoms. The summed E-state index contributed by atoms with van der Waals surface area (Å²) in [4.78, 5) is 15.2. The van der Waals surface area contributed by atoms with Crippen molar-refractivity contribution in [2.45, 2.75) is 19.8 Å². The molecule has 0 atom stereocenters. The Morgan fingerprint density at radius 3 is 2.12 bits per heavy atom. The fraction of sp³-hybridized carbons (Fsp3) is 0.0682. The molecule has 0 aliphatic rings. The van der Waals surface area contributed by atoms with Crippen LogP contribution >= 0.6 is 11.3 Å². The molecule has 0 aliphatic heterocycles. The first kappa shape index (κ1) is 29.7. The van der Waals surface area contributed by atoms with Crippen LogP contribution in [-0.2, 0) is 6.42 Å². The fourth-order valence-electron chi connectivity index (χ4n) is 6.42. The Morgan fingerprint density at radius 2 is 1.29 bits per heavy atom. The van der Waals surface area contributed by atoms with Crippen LogP contribution in [0.5, 0.6) is 0 Å². The Morgan fingerprint density at radius 1 is 0.583 bits per heavy atom. The first-order valence-electron chi connectivity index (χ1n) is 16.4. The van der Waals surface area contributed by atoms with Crippen LogP contribution in [0.15, 0.2) is 158 Å². The zero-order valence-corrected chi connectivity index (χ0v) is 27.5. The van der Waals surface area contributed by atoms with Gasteiger partial charge >= 0.3 is 0 Å². The Hall–Kier alpha value is -5.71. The maximum atomic E-state index is 5.10. The number of nitrogens with zero attached hydrogens (tertiary/aromatic N) is 3. The third kappa shape index (κ3) is 5.83. The van der Waals surface area contributed by atoms with Crippen molar-refractivity contribution in [1.82, 2.24) is 15.0 Å². The number of hydrogen-bond acceptors (Lipinski definition) is 4. The van der Waals surface area contributed by atoms with Crippen molar-refractivity contribution < 1.29 is 0 Å². The zero-order valence-electron chi connectivity index (χ0n) is 26.7. The van der Waals surface area contributed by atoms with Gasteiger partial charge in [0.25, 0.3) is 0 Å². The molecule has 4 heteroatoms. The van der Waals surface area contributed by atoms with E-state index in [-0.39, 0.29) is 0 Å². The molecule has 0 amide bonds. The molecular formula is C44H33N3S. The average molecular weight is 636 g/mol. The van der Waals surface area contributed by atoms with Crippen LogP contribution in [0.4, 0.5) is 0 Å². The van der Waals surface area contributed by atoms with E-state index in [2.05, 4.69) is 146 Å². The average Bonchev–Trinajstić information content (AvgIpc) is 3.51. The third-order valence-electron chi connectivity index (χ3n) is 8.68. The van der Waals surface area contributed by atoms with E-state index < -0.39 is 0 Å². The molecular weight excluding hydrogens is 603 g/mol. The molecule has 0 radical (unpaired) electrons. The molecule has 8 aromatic rings. The second-order valence-electron chi connectivity index (χ2n) is 11.8. The highest BCUT2D eigenvalue weighted by atomic mass is 32.1. The number of allylic oxidation sites excluding steroid dienone is 4. The van der Waals surface area contributed by atoms with E-state index in [0.717, 1.165) is 28.9 Å². The monoisotopic (exact) mass is 635 g/mol. The summed E-state index contributed by atoms with van der Waals surface area (Å²) >= 11 is 1.85. The van der Waals surface area contributed by atoms with Crippen molar-refractivity contribution in [2.24, 2.45) is 0 Å². The molecule has 0 unspecified atom stereocenters. The van der Waals surface area contributed by atoms with Crippen LogP contribution in [0, 0.1) is 0 Å². The van der Waals surface area contributed by atoms with Crippen molar-refractivity contribution in [3.63, 3.8) is 0 Å². The lowest BCUT2D eigenvalue weighted by Gasteiger charge is -2.13. The van der Waals surface area contributed by atoms with E-state index >= 15 is 0 Å². The van der Waals surface area contributed by atoms with Gasteiger partial charge in [0.1, 0.15) is 5.82 Å². The van der Waals surface area contributed by atoms with E-state index in [1.165, 1.54) is 47.6 Å². The minimum atomic E-state index is 0.586. The molecule has 230 valence electrons. The third-order valence-corrected chi connectivity index (χ3v) is 9.81. The van der Waals surface area contributed by atoms with Gasteiger partial charge in [-0.25, -0.2) is 15.0 Å². The van der Waals surface area contributed by atoms with Gasteiger partial charge in [0.2, 0.25) is 0 Å². The molecule has 0 bridgehead atoms. The van der Waals surface area contributed by atoms with Crippen molar-refractivity contribution in [3.05, 3.63) is 169 Å². The predicted molar refractivity (Wildman–Crippen MR) is 204 cm³/mol. The first-order valence-corrected chi connectivity index (χ1v) is 17.2. The van der Waals surface area contributed by atoms with E-state index in [1.54, 1.807) is 0 Å². The van der Waals surface area contributed by atoms with Crippen LogP contribution in [0.3, 0.4) is 0 Å². The van der Waals surface area contributed by atoms with Gasteiger partial charge < -0.3 is 0 Å². The molecule has 2 heterocycles. The summed E-state index contributed by atoms with van der Waals surface area (Å²) in [6, 6.07) is 49.1. The maximum absolute atomic E-state index is 5.10. The van der Waals surface area contributed by atoms with Gasteiger partial charge in [-0.15, -0.1) is 11.3 Å². The predicted octanol–water partition coefficient (Wildman–Crippen LogP) is 12.0. The molecule has 6 aromatic carbocycles. The summed E-state index contributed by atoms with van der Waals surface area (Å²) in [6.45, 7) is 2.17. The Kier molecular flexibility index (Phi) is 8.15. The van der Waals surface area contributed by atoms with Crippen molar-refractivity contribution in [3.8, 4) is 33.9 Å². The Labute approximate surface area is 284 Å².